The standard InChI is InChI=1S/C14H23NO/c1-5-16-13-8-6-12(7-9-13)11(4)14(15)10(2)3/h6-11,14H,5,15H2,1-4H3. The molecule has 0 saturated carbocycles. The van der Waals surface area contributed by atoms with E-state index < -0.39 is 0 Å². The SMILES string of the molecule is CCOc1ccc(C(C)C(N)C(C)C)cc1. The van der Waals surface area contributed by atoms with Gasteiger partial charge in [0.05, 0.1) is 6.61 Å². The van der Waals surface area contributed by atoms with Crippen LogP contribution in [0.1, 0.15) is 39.2 Å². The number of hydrogen-bond donors (Lipinski definition) is 1. The first-order valence-corrected chi connectivity index (χ1v) is 6.04. The molecule has 0 aliphatic rings. The summed E-state index contributed by atoms with van der Waals surface area (Å²) in [5.74, 6) is 1.81. The lowest BCUT2D eigenvalue weighted by atomic mass is 9.87. The summed E-state index contributed by atoms with van der Waals surface area (Å²) in [6, 6.07) is 8.46. The molecule has 0 aliphatic heterocycles. The zero-order valence-corrected chi connectivity index (χ0v) is 10.7. The first kappa shape index (κ1) is 13.0. The quantitative estimate of drug-likeness (QED) is 0.829. The van der Waals surface area contributed by atoms with E-state index in [2.05, 4.69) is 32.9 Å². The van der Waals surface area contributed by atoms with Crippen LogP contribution in [0.3, 0.4) is 0 Å². The van der Waals surface area contributed by atoms with Crippen LogP contribution in [0.4, 0.5) is 0 Å². The predicted molar refractivity (Wildman–Crippen MR) is 68.8 cm³/mol. The summed E-state index contributed by atoms with van der Waals surface area (Å²) in [7, 11) is 0. The van der Waals surface area contributed by atoms with Crippen molar-refractivity contribution in [1.82, 2.24) is 0 Å². The molecule has 0 aliphatic carbocycles. The summed E-state index contributed by atoms with van der Waals surface area (Å²) in [4.78, 5) is 0. The molecule has 1 rings (SSSR count). The number of ether oxygens (including phenoxy) is 1. The molecule has 0 amide bonds. The Labute approximate surface area is 98.8 Å². The zero-order valence-electron chi connectivity index (χ0n) is 10.7. The van der Waals surface area contributed by atoms with E-state index in [9.17, 15) is 0 Å². The molecule has 0 fully saturated rings. The predicted octanol–water partition coefficient (Wildman–Crippen LogP) is 3.17. The molecule has 0 radical (unpaired) electrons. The molecule has 2 heteroatoms. The third kappa shape index (κ3) is 3.24. The van der Waals surface area contributed by atoms with Crippen LogP contribution in [0, 0.1) is 5.92 Å². The Morgan fingerprint density at radius 1 is 1.12 bits per heavy atom. The van der Waals surface area contributed by atoms with Gasteiger partial charge in [-0.2, -0.15) is 0 Å². The summed E-state index contributed by atoms with van der Waals surface area (Å²) < 4.78 is 5.42. The molecule has 0 spiro atoms. The van der Waals surface area contributed by atoms with Crippen LogP contribution in [0.2, 0.25) is 0 Å². The minimum absolute atomic E-state index is 0.206. The molecule has 0 heterocycles. The largest absolute Gasteiger partial charge is 0.494 e. The first-order valence-electron chi connectivity index (χ1n) is 6.04. The molecule has 2 nitrogen and oxygen atoms in total. The Morgan fingerprint density at radius 3 is 2.12 bits per heavy atom. The van der Waals surface area contributed by atoms with Crippen molar-refractivity contribution in [2.24, 2.45) is 11.7 Å². The average Bonchev–Trinajstić information content (AvgIpc) is 2.28. The van der Waals surface area contributed by atoms with Crippen molar-refractivity contribution in [2.45, 2.75) is 39.7 Å². The van der Waals surface area contributed by atoms with Crippen LogP contribution < -0.4 is 10.5 Å². The average molecular weight is 221 g/mol. The van der Waals surface area contributed by atoms with Crippen LogP contribution in [-0.2, 0) is 0 Å². The third-order valence-corrected chi connectivity index (χ3v) is 3.06. The van der Waals surface area contributed by atoms with Crippen LogP contribution in [0.5, 0.6) is 5.75 Å². The van der Waals surface area contributed by atoms with Gasteiger partial charge in [0.2, 0.25) is 0 Å². The van der Waals surface area contributed by atoms with Gasteiger partial charge in [0.25, 0.3) is 0 Å². The minimum atomic E-state index is 0.206. The van der Waals surface area contributed by atoms with Crippen molar-refractivity contribution in [2.75, 3.05) is 6.61 Å². The fourth-order valence-electron chi connectivity index (χ4n) is 1.83. The van der Waals surface area contributed by atoms with Crippen LogP contribution in [-0.4, -0.2) is 12.6 Å². The molecule has 1 aromatic rings. The number of benzene rings is 1. The highest BCUT2D eigenvalue weighted by molar-refractivity contribution is 5.30. The van der Waals surface area contributed by atoms with Crippen molar-refractivity contribution in [3.63, 3.8) is 0 Å². The summed E-state index contributed by atoms with van der Waals surface area (Å²) >= 11 is 0. The van der Waals surface area contributed by atoms with E-state index in [4.69, 9.17) is 10.5 Å². The Balaban J connectivity index is 2.73. The molecule has 16 heavy (non-hydrogen) atoms. The molecular weight excluding hydrogens is 198 g/mol. The van der Waals surface area contributed by atoms with Crippen LogP contribution in [0.25, 0.3) is 0 Å². The van der Waals surface area contributed by atoms with Gasteiger partial charge < -0.3 is 10.5 Å². The fraction of sp³-hybridized carbons (Fsp3) is 0.571. The van der Waals surface area contributed by atoms with Gasteiger partial charge in [0, 0.05) is 6.04 Å². The lowest BCUT2D eigenvalue weighted by Crippen LogP contribution is -2.32. The highest BCUT2D eigenvalue weighted by Gasteiger charge is 2.17. The first-order chi connectivity index (χ1) is 7.56. The number of rotatable bonds is 5. The maximum atomic E-state index is 6.16. The molecule has 1 aromatic carbocycles. The molecule has 0 aromatic heterocycles. The topological polar surface area (TPSA) is 35.2 Å². The maximum Gasteiger partial charge on any atom is 0.119 e. The van der Waals surface area contributed by atoms with Crippen molar-refractivity contribution in [3.8, 4) is 5.75 Å². The van der Waals surface area contributed by atoms with E-state index in [1.807, 2.05) is 19.1 Å². The van der Waals surface area contributed by atoms with Gasteiger partial charge >= 0.3 is 0 Å². The number of nitrogens with two attached hydrogens (primary N) is 1. The second kappa shape index (κ2) is 5.90. The summed E-state index contributed by atoms with van der Waals surface area (Å²) in [5, 5.41) is 0. The molecule has 90 valence electrons. The lowest BCUT2D eigenvalue weighted by molar-refractivity contribution is 0.340. The van der Waals surface area contributed by atoms with Gasteiger partial charge in [-0.25, -0.2) is 0 Å². The summed E-state index contributed by atoms with van der Waals surface area (Å²) in [6.45, 7) is 9.21. The van der Waals surface area contributed by atoms with Gasteiger partial charge in [-0.15, -0.1) is 0 Å². The van der Waals surface area contributed by atoms with E-state index in [1.165, 1.54) is 5.56 Å². The lowest BCUT2D eigenvalue weighted by Gasteiger charge is -2.23. The minimum Gasteiger partial charge on any atom is -0.494 e. The molecule has 2 unspecified atom stereocenters. The third-order valence-electron chi connectivity index (χ3n) is 3.06. The molecule has 0 saturated heterocycles. The second-order valence-electron chi connectivity index (χ2n) is 4.61. The Kier molecular flexibility index (Phi) is 4.81. The van der Waals surface area contributed by atoms with E-state index in [0.717, 1.165) is 5.75 Å². The monoisotopic (exact) mass is 221 g/mol. The van der Waals surface area contributed by atoms with E-state index in [-0.39, 0.29) is 6.04 Å². The highest BCUT2D eigenvalue weighted by atomic mass is 16.5. The van der Waals surface area contributed by atoms with Gasteiger partial charge in [0.1, 0.15) is 5.75 Å². The zero-order chi connectivity index (χ0) is 12.1. The van der Waals surface area contributed by atoms with Gasteiger partial charge in [0.15, 0.2) is 0 Å². The van der Waals surface area contributed by atoms with E-state index in [0.29, 0.717) is 18.4 Å². The molecule has 2 N–H and O–H groups in total. The molecule has 0 bridgehead atoms. The Hall–Kier alpha value is -1.02. The van der Waals surface area contributed by atoms with Gasteiger partial charge in [-0.1, -0.05) is 32.9 Å². The Bertz CT molecular complexity index is 305. The van der Waals surface area contributed by atoms with Crippen molar-refractivity contribution >= 4 is 0 Å². The van der Waals surface area contributed by atoms with E-state index in [1.54, 1.807) is 0 Å². The van der Waals surface area contributed by atoms with E-state index >= 15 is 0 Å². The van der Waals surface area contributed by atoms with Crippen molar-refractivity contribution in [3.05, 3.63) is 29.8 Å². The van der Waals surface area contributed by atoms with Gasteiger partial charge in [-0.05, 0) is 36.5 Å². The molecule has 2 atom stereocenters. The van der Waals surface area contributed by atoms with Crippen LogP contribution in [0.15, 0.2) is 24.3 Å². The Morgan fingerprint density at radius 2 is 1.69 bits per heavy atom. The fourth-order valence-corrected chi connectivity index (χ4v) is 1.83. The van der Waals surface area contributed by atoms with Crippen molar-refractivity contribution < 1.29 is 4.74 Å². The number of hydrogen-bond acceptors (Lipinski definition) is 2. The van der Waals surface area contributed by atoms with Gasteiger partial charge in [-0.3, -0.25) is 0 Å². The summed E-state index contributed by atoms with van der Waals surface area (Å²) in [5.41, 5.74) is 7.44. The van der Waals surface area contributed by atoms with Crippen LogP contribution >= 0.6 is 0 Å². The highest BCUT2D eigenvalue weighted by Crippen LogP contribution is 2.24. The maximum absolute atomic E-state index is 6.16. The summed E-state index contributed by atoms with van der Waals surface area (Å²) in [6.07, 6.45) is 0. The smallest absolute Gasteiger partial charge is 0.119 e. The molecular formula is C14H23NO. The normalized spacial score (nSPS) is 14.9. The second-order valence-corrected chi connectivity index (χ2v) is 4.61. The van der Waals surface area contributed by atoms with Crippen molar-refractivity contribution in [1.29, 1.82) is 0 Å².